The molecule has 4 aromatic rings. The summed E-state index contributed by atoms with van der Waals surface area (Å²) < 4.78 is 0. The van der Waals surface area contributed by atoms with Crippen molar-refractivity contribution in [2.45, 2.75) is 44.3 Å². The van der Waals surface area contributed by atoms with E-state index in [0.717, 1.165) is 38.0 Å². The predicted octanol–water partition coefficient (Wildman–Crippen LogP) is 5.52. The Kier molecular flexibility index (Phi) is 4.87. The molecule has 3 aliphatic rings. The van der Waals surface area contributed by atoms with Crippen LogP contribution in [0.2, 0.25) is 0 Å². The SMILES string of the molecule is C=C[C@H]1CN2Cc3c([nH]c4cc(O)ccc34)C[C@@H]2C[C@@H]1C[C@H]1c2[nH]c3ccccc3c2CCN1C. The van der Waals surface area contributed by atoms with Crippen molar-refractivity contribution in [2.24, 2.45) is 11.8 Å². The first kappa shape index (κ1) is 21.3. The van der Waals surface area contributed by atoms with Crippen molar-refractivity contribution in [3.63, 3.8) is 0 Å². The molecule has 3 aliphatic heterocycles. The van der Waals surface area contributed by atoms with Gasteiger partial charge in [-0.25, -0.2) is 0 Å². The topological polar surface area (TPSA) is 58.3 Å². The number of phenolic OH excluding ortho intramolecular Hbond substituents is 1. The van der Waals surface area contributed by atoms with Crippen LogP contribution >= 0.6 is 0 Å². The Labute approximate surface area is 206 Å². The molecular formula is C30H34N4O. The first-order chi connectivity index (χ1) is 17.1. The van der Waals surface area contributed by atoms with Gasteiger partial charge in [0.2, 0.25) is 0 Å². The molecule has 0 aliphatic carbocycles. The van der Waals surface area contributed by atoms with Crippen molar-refractivity contribution in [3.8, 4) is 5.75 Å². The number of phenols is 1. The van der Waals surface area contributed by atoms with E-state index in [-0.39, 0.29) is 0 Å². The number of aromatic amines is 2. The molecule has 0 amide bonds. The number of H-pyrrole nitrogens is 2. The zero-order valence-corrected chi connectivity index (χ0v) is 20.4. The molecule has 0 unspecified atom stereocenters. The van der Waals surface area contributed by atoms with Crippen molar-refractivity contribution < 1.29 is 5.11 Å². The Morgan fingerprint density at radius 2 is 1.94 bits per heavy atom. The lowest BCUT2D eigenvalue weighted by molar-refractivity contribution is 0.0471. The second kappa shape index (κ2) is 8.00. The summed E-state index contributed by atoms with van der Waals surface area (Å²) in [7, 11) is 2.30. The van der Waals surface area contributed by atoms with Crippen LogP contribution in [0.4, 0.5) is 0 Å². The van der Waals surface area contributed by atoms with Gasteiger partial charge in [-0.15, -0.1) is 6.58 Å². The lowest BCUT2D eigenvalue weighted by Gasteiger charge is -2.47. The Hall–Kier alpha value is -3.02. The van der Waals surface area contributed by atoms with Crippen LogP contribution in [0.1, 0.15) is 41.4 Å². The zero-order chi connectivity index (χ0) is 23.7. The van der Waals surface area contributed by atoms with Gasteiger partial charge < -0.3 is 15.1 Å². The Morgan fingerprint density at radius 1 is 1.09 bits per heavy atom. The molecule has 2 aromatic heterocycles. The minimum absolute atomic E-state index is 0.327. The molecule has 0 saturated carbocycles. The highest BCUT2D eigenvalue weighted by molar-refractivity contribution is 5.86. The van der Waals surface area contributed by atoms with Crippen LogP contribution < -0.4 is 0 Å². The summed E-state index contributed by atoms with van der Waals surface area (Å²) in [6.07, 6.45) is 6.78. The van der Waals surface area contributed by atoms with Crippen LogP contribution in [-0.4, -0.2) is 51.1 Å². The first-order valence-electron chi connectivity index (χ1n) is 13.1. The van der Waals surface area contributed by atoms with Crippen LogP contribution in [0.3, 0.4) is 0 Å². The Bertz CT molecular complexity index is 1430. The second-order valence-corrected chi connectivity index (χ2v) is 11.0. The van der Waals surface area contributed by atoms with E-state index in [1.807, 2.05) is 6.07 Å². The molecule has 4 atom stereocenters. The smallest absolute Gasteiger partial charge is 0.117 e. The minimum atomic E-state index is 0.327. The third kappa shape index (κ3) is 3.36. The van der Waals surface area contributed by atoms with Gasteiger partial charge >= 0.3 is 0 Å². The number of piperidine rings is 1. The number of benzene rings is 2. The van der Waals surface area contributed by atoms with Gasteiger partial charge in [0.15, 0.2) is 0 Å². The van der Waals surface area contributed by atoms with Gasteiger partial charge in [0.25, 0.3) is 0 Å². The van der Waals surface area contributed by atoms with E-state index < -0.39 is 0 Å². The molecule has 0 radical (unpaired) electrons. The Balaban J connectivity index is 1.18. The van der Waals surface area contributed by atoms with E-state index in [2.05, 4.69) is 69.8 Å². The monoisotopic (exact) mass is 466 g/mol. The number of aromatic hydroxyl groups is 1. The van der Waals surface area contributed by atoms with Crippen LogP contribution in [-0.2, 0) is 19.4 Å². The molecule has 0 spiro atoms. The average Bonchev–Trinajstić information content (AvgIpc) is 3.41. The molecule has 1 fully saturated rings. The van der Waals surface area contributed by atoms with Crippen molar-refractivity contribution in [2.75, 3.05) is 20.1 Å². The second-order valence-electron chi connectivity index (χ2n) is 11.0. The third-order valence-corrected chi connectivity index (χ3v) is 9.18. The van der Waals surface area contributed by atoms with Gasteiger partial charge in [0, 0.05) is 71.4 Å². The average molecular weight is 467 g/mol. The van der Waals surface area contributed by atoms with Gasteiger partial charge in [-0.05, 0) is 67.5 Å². The fourth-order valence-electron chi connectivity index (χ4n) is 7.30. The maximum atomic E-state index is 9.94. The maximum absolute atomic E-state index is 9.94. The summed E-state index contributed by atoms with van der Waals surface area (Å²) in [5.41, 5.74) is 8.06. The highest BCUT2D eigenvalue weighted by Gasteiger charge is 2.40. The van der Waals surface area contributed by atoms with E-state index in [1.165, 1.54) is 51.6 Å². The number of rotatable bonds is 3. The molecule has 180 valence electrons. The summed E-state index contributed by atoms with van der Waals surface area (Å²) in [4.78, 5) is 12.7. The summed E-state index contributed by atoms with van der Waals surface area (Å²) in [6.45, 7) is 7.46. The molecule has 1 saturated heterocycles. The molecule has 5 heteroatoms. The van der Waals surface area contributed by atoms with Gasteiger partial charge in [-0.1, -0.05) is 24.3 Å². The molecule has 2 aromatic carbocycles. The van der Waals surface area contributed by atoms with Gasteiger partial charge in [0.1, 0.15) is 5.75 Å². The minimum Gasteiger partial charge on any atom is -0.508 e. The van der Waals surface area contributed by atoms with E-state index in [4.69, 9.17) is 0 Å². The summed E-state index contributed by atoms with van der Waals surface area (Å²) in [6, 6.07) is 15.5. The van der Waals surface area contributed by atoms with Crippen molar-refractivity contribution in [1.29, 1.82) is 0 Å². The molecular weight excluding hydrogens is 432 g/mol. The largest absolute Gasteiger partial charge is 0.508 e. The predicted molar refractivity (Wildman–Crippen MR) is 142 cm³/mol. The van der Waals surface area contributed by atoms with Crippen LogP contribution in [0.25, 0.3) is 21.8 Å². The molecule has 7 rings (SSSR count). The van der Waals surface area contributed by atoms with Crippen molar-refractivity contribution in [3.05, 3.63) is 77.6 Å². The highest BCUT2D eigenvalue weighted by atomic mass is 16.3. The first-order valence-corrected chi connectivity index (χ1v) is 13.1. The zero-order valence-electron chi connectivity index (χ0n) is 20.4. The molecule has 35 heavy (non-hydrogen) atoms. The highest BCUT2D eigenvalue weighted by Crippen LogP contribution is 2.44. The fourth-order valence-corrected chi connectivity index (χ4v) is 7.30. The summed E-state index contributed by atoms with van der Waals surface area (Å²) in [5.74, 6) is 1.45. The summed E-state index contributed by atoms with van der Waals surface area (Å²) >= 11 is 0. The van der Waals surface area contributed by atoms with E-state index in [0.29, 0.717) is 29.7 Å². The van der Waals surface area contributed by atoms with Crippen LogP contribution in [0.5, 0.6) is 5.75 Å². The number of hydrogen-bond donors (Lipinski definition) is 3. The molecule has 5 heterocycles. The van der Waals surface area contributed by atoms with Gasteiger partial charge in [0.05, 0.1) is 6.04 Å². The quantitative estimate of drug-likeness (QED) is 0.348. The third-order valence-electron chi connectivity index (χ3n) is 9.18. The summed E-state index contributed by atoms with van der Waals surface area (Å²) in [5, 5.41) is 12.6. The number of aromatic nitrogens is 2. The van der Waals surface area contributed by atoms with Crippen molar-refractivity contribution in [1.82, 2.24) is 19.8 Å². The molecule has 0 bridgehead atoms. The lowest BCUT2D eigenvalue weighted by Crippen LogP contribution is -2.50. The number of nitrogens with one attached hydrogen (secondary N) is 2. The van der Waals surface area contributed by atoms with Crippen LogP contribution in [0, 0.1) is 11.8 Å². The molecule has 3 N–H and O–H groups in total. The number of hydrogen-bond acceptors (Lipinski definition) is 3. The fraction of sp³-hybridized carbons (Fsp3) is 0.400. The number of para-hydroxylation sites is 1. The Morgan fingerprint density at radius 3 is 2.83 bits per heavy atom. The van der Waals surface area contributed by atoms with Gasteiger partial charge in [-0.2, -0.15) is 0 Å². The number of fused-ring (bicyclic) bond motifs is 7. The van der Waals surface area contributed by atoms with Crippen LogP contribution in [0.15, 0.2) is 55.1 Å². The standard InChI is InChI=1S/C30H34N4O/c1-3-18-16-34-17-25-23-9-8-21(35)15-28(23)31-27(25)14-20(34)12-19(18)13-29-30-24(10-11-33(29)2)22-6-4-5-7-26(22)32-30/h3-9,15,18-20,29,31-32,35H,1,10-14,16-17H2,2H3/t18-,19+,20-,29-/m0/s1. The van der Waals surface area contributed by atoms with E-state index in [1.54, 1.807) is 6.07 Å². The lowest BCUT2D eigenvalue weighted by atomic mass is 9.74. The maximum Gasteiger partial charge on any atom is 0.117 e. The molecule has 5 nitrogen and oxygen atoms in total. The van der Waals surface area contributed by atoms with E-state index in [9.17, 15) is 5.11 Å². The van der Waals surface area contributed by atoms with E-state index >= 15 is 0 Å². The number of likely N-dealkylation sites (N-methyl/N-ethyl adjacent to an activating group) is 1. The van der Waals surface area contributed by atoms with Gasteiger partial charge in [-0.3, -0.25) is 9.80 Å². The number of nitrogens with zero attached hydrogens (tertiary/aromatic N) is 2. The van der Waals surface area contributed by atoms with Crippen molar-refractivity contribution >= 4 is 21.8 Å². The normalized spacial score (nSPS) is 27.0.